The first kappa shape index (κ1) is 25.5. The van der Waals surface area contributed by atoms with Gasteiger partial charge in [-0.2, -0.15) is 0 Å². The minimum absolute atomic E-state index is 0.0118. The highest BCUT2D eigenvalue weighted by Gasteiger charge is 2.36. The maximum absolute atomic E-state index is 13.5. The Balaban J connectivity index is 1.32. The van der Waals surface area contributed by atoms with E-state index in [-0.39, 0.29) is 17.9 Å². The number of hydrogen-bond acceptors (Lipinski definition) is 4. The number of carbonyl (C=O) groups excluding carboxylic acids is 2. The molecule has 3 aliphatic heterocycles. The van der Waals surface area contributed by atoms with Crippen LogP contribution in [0, 0.1) is 13.8 Å². The van der Waals surface area contributed by atoms with E-state index in [1.54, 1.807) is 6.07 Å². The molecule has 2 bridgehead atoms. The summed E-state index contributed by atoms with van der Waals surface area (Å²) >= 11 is 12.5. The lowest BCUT2D eigenvalue weighted by atomic mass is 9.99. The largest absolute Gasteiger partial charge is 0.334 e. The van der Waals surface area contributed by atoms with Gasteiger partial charge in [-0.15, -0.1) is 0 Å². The van der Waals surface area contributed by atoms with Gasteiger partial charge >= 0.3 is 0 Å². The number of rotatable bonds is 5. The Kier molecular flexibility index (Phi) is 7.59. The minimum atomic E-state index is -0.290. The van der Waals surface area contributed by atoms with Crippen molar-refractivity contribution in [2.45, 2.75) is 63.7 Å². The highest BCUT2D eigenvalue weighted by atomic mass is 35.5. The van der Waals surface area contributed by atoms with Crippen molar-refractivity contribution < 1.29 is 9.59 Å². The van der Waals surface area contributed by atoms with Crippen LogP contribution in [0.1, 0.15) is 58.8 Å². The Morgan fingerprint density at radius 2 is 1.67 bits per heavy atom. The van der Waals surface area contributed by atoms with Gasteiger partial charge in [0.2, 0.25) is 5.91 Å². The molecule has 2 amide bonds. The van der Waals surface area contributed by atoms with Gasteiger partial charge in [-0.1, -0.05) is 46.5 Å². The second-order valence-corrected chi connectivity index (χ2v) is 11.4. The van der Waals surface area contributed by atoms with Crippen molar-refractivity contribution >= 4 is 35.0 Å². The van der Waals surface area contributed by atoms with Crippen LogP contribution in [0.4, 0.5) is 0 Å². The van der Waals surface area contributed by atoms with Crippen molar-refractivity contribution in [3.63, 3.8) is 0 Å². The zero-order valence-electron chi connectivity index (χ0n) is 20.9. The molecule has 5 rings (SSSR count). The van der Waals surface area contributed by atoms with Gasteiger partial charge in [-0.05, 0) is 69.4 Å². The zero-order valence-corrected chi connectivity index (χ0v) is 22.4. The molecule has 8 heteroatoms. The molecule has 36 heavy (non-hydrogen) atoms. The molecular formula is C28H34Cl2N4O2. The van der Waals surface area contributed by atoms with Crippen LogP contribution < -0.4 is 10.6 Å². The quantitative estimate of drug-likeness (QED) is 0.599. The van der Waals surface area contributed by atoms with E-state index in [1.165, 1.54) is 12.8 Å². The van der Waals surface area contributed by atoms with Crippen molar-refractivity contribution in [3.8, 4) is 0 Å². The summed E-state index contributed by atoms with van der Waals surface area (Å²) in [6.45, 7) is 5.67. The van der Waals surface area contributed by atoms with Crippen molar-refractivity contribution in [2.24, 2.45) is 0 Å². The summed E-state index contributed by atoms with van der Waals surface area (Å²) in [7, 11) is 0. The van der Waals surface area contributed by atoms with E-state index in [4.69, 9.17) is 23.2 Å². The minimum Gasteiger partial charge on any atom is -0.334 e. The number of nitrogens with zero attached hydrogens (tertiary/aromatic N) is 2. The number of aryl methyl sites for hydroxylation is 2. The molecular weight excluding hydrogens is 495 g/mol. The standard InChI is InChI=1S/C28H34Cl2N4O2/c1-17-9-18(2)11-20(10-17)28(36)33-7-8-34(26(16-33)19-3-6-24(29)25(30)12-19)27(35)15-31-23-13-21-4-5-22(14-23)32-21/h3,6,9-12,21-23,26,31-32H,4-5,7-8,13-16H2,1-2H3/t21?,22?,23?,26-/m0/s1. The maximum atomic E-state index is 13.5. The van der Waals surface area contributed by atoms with E-state index in [2.05, 4.69) is 16.7 Å². The number of benzene rings is 2. The first-order valence-corrected chi connectivity index (χ1v) is 13.6. The van der Waals surface area contributed by atoms with Crippen molar-refractivity contribution in [3.05, 3.63) is 68.7 Å². The van der Waals surface area contributed by atoms with Crippen LogP contribution in [0.25, 0.3) is 0 Å². The lowest BCUT2D eigenvalue weighted by Gasteiger charge is -2.42. The van der Waals surface area contributed by atoms with Gasteiger partial charge in [0, 0.05) is 43.3 Å². The molecule has 0 aromatic heterocycles. The fourth-order valence-corrected chi connectivity index (χ4v) is 6.42. The van der Waals surface area contributed by atoms with Crippen molar-refractivity contribution in [1.82, 2.24) is 20.4 Å². The first-order valence-electron chi connectivity index (χ1n) is 12.9. The number of piperidine rings is 1. The van der Waals surface area contributed by atoms with Crippen LogP contribution in [0.5, 0.6) is 0 Å². The first-order chi connectivity index (χ1) is 17.3. The summed E-state index contributed by atoms with van der Waals surface area (Å²) in [6, 6.07) is 12.6. The highest BCUT2D eigenvalue weighted by Crippen LogP contribution is 2.32. The molecule has 3 fully saturated rings. The fourth-order valence-electron chi connectivity index (χ4n) is 6.11. The van der Waals surface area contributed by atoms with E-state index in [0.29, 0.717) is 59.9 Å². The second-order valence-electron chi connectivity index (χ2n) is 10.6. The average molecular weight is 530 g/mol. The Bertz CT molecular complexity index is 1120. The zero-order chi connectivity index (χ0) is 25.4. The maximum Gasteiger partial charge on any atom is 0.254 e. The van der Waals surface area contributed by atoms with Crippen LogP contribution in [0.15, 0.2) is 36.4 Å². The highest BCUT2D eigenvalue weighted by molar-refractivity contribution is 6.42. The lowest BCUT2D eigenvalue weighted by Crippen LogP contribution is -2.55. The summed E-state index contributed by atoms with van der Waals surface area (Å²) in [4.78, 5) is 30.7. The molecule has 0 saturated carbocycles. The van der Waals surface area contributed by atoms with Gasteiger partial charge in [0.25, 0.3) is 5.91 Å². The van der Waals surface area contributed by atoms with Crippen LogP contribution >= 0.6 is 23.2 Å². The molecule has 0 aliphatic carbocycles. The van der Waals surface area contributed by atoms with Crippen LogP contribution in [-0.4, -0.2) is 65.9 Å². The third kappa shape index (κ3) is 5.57. The van der Waals surface area contributed by atoms with E-state index in [1.807, 2.05) is 47.9 Å². The molecule has 192 valence electrons. The molecule has 3 saturated heterocycles. The third-order valence-electron chi connectivity index (χ3n) is 7.80. The molecule has 2 unspecified atom stereocenters. The number of hydrogen-bond donors (Lipinski definition) is 2. The van der Waals surface area contributed by atoms with Crippen molar-refractivity contribution in [1.29, 1.82) is 0 Å². The van der Waals surface area contributed by atoms with Gasteiger partial charge in [0.05, 0.1) is 22.6 Å². The van der Waals surface area contributed by atoms with Crippen LogP contribution in [0.2, 0.25) is 10.0 Å². The Morgan fingerprint density at radius 3 is 2.33 bits per heavy atom. The smallest absolute Gasteiger partial charge is 0.254 e. The van der Waals surface area contributed by atoms with Gasteiger partial charge < -0.3 is 20.4 Å². The fraction of sp³-hybridized carbons (Fsp3) is 0.500. The topological polar surface area (TPSA) is 64.7 Å². The molecule has 3 atom stereocenters. The number of carbonyl (C=O) groups is 2. The van der Waals surface area contributed by atoms with Crippen LogP contribution in [0.3, 0.4) is 0 Å². The van der Waals surface area contributed by atoms with E-state index >= 15 is 0 Å². The number of piperazine rings is 1. The van der Waals surface area contributed by atoms with Gasteiger partial charge in [0.15, 0.2) is 0 Å². The summed E-state index contributed by atoms with van der Waals surface area (Å²) in [5, 5.41) is 8.09. The average Bonchev–Trinajstić information content (AvgIpc) is 3.20. The summed E-state index contributed by atoms with van der Waals surface area (Å²) < 4.78 is 0. The van der Waals surface area contributed by atoms with Gasteiger partial charge in [0.1, 0.15) is 0 Å². The number of amides is 2. The molecule has 2 aromatic rings. The number of fused-ring (bicyclic) bond motifs is 2. The van der Waals surface area contributed by atoms with Gasteiger partial charge in [-0.25, -0.2) is 0 Å². The van der Waals surface area contributed by atoms with E-state index < -0.39 is 0 Å². The molecule has 3 aliphatic rings. The van der Waals surface area contributed by atoms with Gasteiger partial charge in [-0.3, -0.25) is 9.59 Å². The molecule has 2 N–H and O–H groups in total. The summed E-state index contributed by atoms with van der Waals surface area (Å²) in [6.07, 6.45) is 4.59. The lowest BCUT2D eigenvalue weighted by molar-refractivity contribution is -0.135. The van der Waals surface area contributed by atoms with E-state index in [0.717, 1.165) is 29.5 Å². The SMILES string of the molecule is Cc1cc(C)cc(C(=O)N2CCN(C(=O)CNC3CC4CCC(C3)N4)[C@H](c3ccc(Cl)c(Cl)c3)C2)c1. The van der Waals surface area contributed by atoms with Crippen LogP contribution in [-0.2, 0) is 4.79 Å². The Hall–Kier alpha value is -2.12. The molecule has 3 heterocycles. The number of halogens is 2. The molecule has 6 nitrogen and oxygen atoms in total. The summed E-state index contributed by atoms with van der Waals surface area (Å²) in [5.41, 5.74) is 3.69. The predicted molar refractivity (Wildman–Crippen MR) is 144 cm³/mol. The van der Waals surface area contributed by atoms with Crippen molar-refractivity contribution in [2.75, 3.05) is 26.2 Å². The normalized spacial score (nSPS) is 25.8. The third-order valence-corrected chi connectivity index (χ3v) is 8.54. The number of nitrogens with one attached hydrogen (secondary N) is 2. The second kappa shape index (κ2) is 10.7. The molecule has 0 radical (unpaired) electrons. The molecule has 2 aromatic carbocycles. The monoisotopic (exact) mass is 528 g/mol. The Morgan fingerprint density at radius 1 is 0.972 bits per heavy atom. The Labute approximate surface area is 223 Å². The molecule has 0 spiro atoms. The van der Waals surface area contributed by atoms with E-state index in [9.17, 15) is 9.59 Å². The summed E-state index contributed by atoms with van der Waals surface area (Å²) in [5.74, 6) is 0.0396. The predicted octanol–water partition coefficient (Wildman–Crippen LogP) is 4.51.